The molecule has 1 aromatic rings. The zero-order valence-corrected chi connectivity index (χ0v) is 11.8. The van der Waals surface area contributed by atoms with Gasteiger partial charge in [-0.1, -0.05) is 19.1 Å². The van der Waals surface area contributed by atoms with Crippen molar-refractivity contribution in [2.24, 2.45) is 11.7 Å². The molecule has 106 valence electrons. The molecule has 3 nitrogen and oxygen atoms in total. The Morgan fingerprint density at radius 1 is 1.53 bits per heavy atom. The van der Waals surface area contributed by atoms with E-state index in [1.165, 1.54) is 12.1 Å². The Morgan fingerprint density at radius 2 is 2.26 bits per heavy atom. The van der Waals surface area contributed by atoms with Crippen LogP contribution in [0.15, 0.2) is 24.3 Å². The molecule has 0 saturated carbocycles. The van der Waals surface area contributed by atoms with Crippen LogP contribution in [-0.2, 0) is 11.2 Å². The second-order valence-electron chi connectivity index (χ2n) is 5.08. The molecule has 1 aliphatic heterocycles. The molecular formula is C14H20ClFN2O. The van der Waals surface area contributed by atoms with Gasteiger partial charge in [0, 0.05) is 19.1 Å². The van der Waals surface area contributed by atoms with Crippen molar-refractivity contribution in [2.75, 3.05) is 13.1 Å². The van der Waals surface area contributed by atoms with Gasteiger partial charge in [-0.25, -0.2) is 4.39 Å². The van der Waals surface area contributed by atoms with Crippen LogP contribution in [0.4, 0.5) is 4.39 Å². The molecule has 0 aliphatic carbocycles. The van der Waals surface area contributed by atoms with E-state index in [1.807, 2.05) is 4.90 Å². The van der Waals surface area contributed by atoms with Crippen LogP contribution in [0.3, 0.4) is 0 Å². The molecule has 1 aliphatic rings. The summed E-state index contributed by atoms with van der Waals surface area (Å²) in [5.74, 6) is 0.0869. The van der Waals surface area contributed by atoms with Crippen LogP contribution < -0.4 is 5.73 Å². The Kier molecular flexibility index (Phi) is 5.76. The Labute approximate surface area is 119 Å². The number of carbonyl (C=O) groups excluding carboxylic acids is 1. The van der Waals surface area contributed by atoms with Crippen molar-refractivity contribution in [3.05, 3.63) is 35.6 Å². The minimum absolute atomic E-state index is 0. The summed E-state index contributed by atoms with van der Waals surface area (Å²) >= 11 is 0. The second-order valence-corrected chi connectivity index (χ2v) is 5.08. The highest BCUT2D eigenvalue weighted by atomic mass is 35.5. The van der Waals surface area contributed by atoms with Crippen molar-refractivity contribution < 1.29 is 9.18 Å². The van der Waals surface area contributed by atoms with E-state index in [1.54, 1.807) is 12.1 Å². The largest absolute Gasteiger partial charge is 0.342 e. The first kappa shape index (κ1) is 15.9. The van der Waals surface area contributed by atoms with Gasteiger partial charge >= 0.3 is 0 Å². The molecule has 1 heterocycles. The van der Waals surface area contributed by atoms with Gasteiger partial charge in [-0.15, -0.1) is 12.4 Å². The number of hydrogen-bond acceptors (Lipinski definition) is 2. The fourth-order valence-electron chi connectivity index (χ4n) is 2.32. The highest BCUT2D eigenvalue weighted by molar-refractivity contribution is 5.85. The van der Waals surface area contributed by atoms with E-state index in [4.69, 9.17) is 5.73 Å². The molecule has 2 atom stereocenters. The van der Waals surface area contributed by atoms with E-state index >= 15 is 0 Å². The van der Waals surface area contributed by atoms with Gasteiger partial charge in [0.25, 0.3) is 0 Å². The van der Waals surface area contributed by atoms with Crippen molar-refractivity contribution in [3.63, 3.8) is 0 Å². The summed E-state index contributed by atoms with van der Waals surface area (Å²) < 4.78 is 13.0. The minimum atomic E-state index is -0.297. The highest BCUT2D eigenvalue weighted by Gasteiger charge is 2.26. The van der Waals surface area contributed by atoms with E-state index in [9.17, 15) is 9.18 Å². The maximum absolute atomic E-state index is 13.0. The lowest BCUT2D eigenvalue weighted by molar-refractivity contribution is -0.132. The van der Waals surface area contributed by atoms with E-state index in [-0.39, 0.29) is 36.6 Å². The average Bonchev–Trinajstić information content (AvgIpc) is 2.32. The summed E-state index contributed by atoms with van der Waals surface area (Å²) in [6.45, 7) is 3.47. The molecule has 1 fully saturated rings. The van der Waals surface area contributed by atoms with Crippen molar-refractivity contribution in [1.29, 1.82) is 0 Å². The number of nitrogens with zero attached hydrogens (tertiary/aromatic N) is 1. The van der Waals surface area contributed by atoms with Gasteiger partial charge in [0.05, 0.1) is 6.42 Å². The molecule has 0 aromatic heterocycles. The SMILES string of the molecule is CC1CN(C(=O)Cc2cccc(F)c2)CCC1N.Cl. The number of carbonyl (C=O) groups is 1. The fourth-order valence-corrected chi connectivity index (χ4v) is 2.32. The summed E-state index contributed by atoms with van der Waals surface area (Å²) in [5.41, 5.74) is 6.65. The molecule has 1 saturated heterocycles. The first-order valence-corrected chi connectivity index (χ1v) is 6.34. The Morgan fingerprint density at radius 3 is 2.89 bits per heavy atom. The van der Waals surface area contributed by atoms with Crippen molar-refractivity contribution in [1.82, 2.24) is 4.90 Å². The molecule has 0 spiro atoms. The first-order chi connectivity index (χ1) is 8.56. The lowest BCUT2D eigenvalue weighted by atomic mass is 9.94. The zero-order chi connectivity index (χ0) is 13.1. The Bertz CT molecular complexity index is 441. The van der Waals surface area contributed by atoms with E-state index < -0.39 is 0 Å². The molecule has 1 amide bonds. The molecule has 0 radical (unpaired) electrons. The third kappa shape index (κ3) is 4.18. The number of nitrogens with two attached hydrogens (primary N) is 1. The Balaban J connectivity index is 0.00000180. The smallest absolute Gasteiger partial charge is 0.227 e. The number of piperidine rings is 1. The average molecular weight is 287 g/mol. The lowest BCUT2D eigenvalue weighted by Gasteiger charge is -2.35. The standard InChI is InChI=1S/C14H19FN2O.ClH/c1-10-9-17(6-5-13(10)16)14(18)8-11-3-2-4-12(15)7-11;/h2-4,7,10,13H,5-6,8-9,16H2,1H3;1H. The maximum Gasteiger partial charge on any atom is 0.227 e. The van der Waals surface area contributed by atoms with Gasteiger partial charge in [-0.05, 0) is 30.0 Å². The summed E-state index contributed by atoms with van der Waals surface area (Å²) in [6.07, 6.45) is 1.11. The predicted octanol–water partition coefficient (Wildman–Crippen LogP) is 1.99. The topological polar surface area (TPSA) is 46.3 Å². The second kappa shape index (κ2) is 6.87. The number of halogens is 2. The van der Waals surface area contributed by atoms with E-state index in [0.717, 1.165) is 12.0 Å². The van der Waals surface area contributed by atoms with Crippen LogP contribution >= 0.6 is 12.4 Å². The summed E-state index contributed by atoms with van der Waals surface area (Å²) in [6, 6.07) is 6.39. The van der Waals surface area contributed by atoms with Crippen LogP contribution in [0.1, 0.15) is 18.9 Å². The molecule has 0 bridgehead atoms. The normalized spacial score (nSPS) is 22.8. The third-order valence-electron chi connectivity index (χ3n) is 3.57. The highest BCUT2D eigenvalue weighted by Crippen LogP contribution is 2.16. The van der Waals surface area contributed by atoms with Crippen LogP contribution in [-0.4, -0.2) is 29.9 Å². The molecule has 2 unspecified atom stereocenters. The van der Waals surface area contributed by atoms with Crippen molar-refractivity contribution >= 4 is 18.3 Å². The predicted molar refractivity (Wildman–Crippen MR) is 75.7 cm³/mol. The molecule has 2 N–H and O–H groups in total. The van der Waals surface area contributed by atoms with Gasteiger partial charge in [0.2, 0.25) is 5.91 Å². The lowest BCUT2D eigenvalue weighted by Crippen LogP contribution is -2.48. The molecular weight excluding hydrogens is 267 g/mol. The summed E-state index contributed by atoms with van der Waals surface area (Å²) in [5, 5.41) is 0. The number of hydrogen-bond donors (Lipinski definition) is 1. The first-order valence-electron chi connectivity index (χ1n) is 6.34. The van der Waals surface area contributed by atoms with Crippen molar-refractivity contribution in [2.45, 2.75) is 25.8 Å². The molecule has 2 rings (SSSR count). The maximum atomic E-state index is 13.0. The van der Waals surface area contributed by atoms with Gasteiger partial charge in [-0.2, -0.15) is 0 Å². The van der Waals surface area contributed by atoms with Crippen LogP contribution in [0.5, 0.6) is 0 Å². The van der Waals surface area contributed by atoms with E-state index in [0.29, 0.717) is 19.0 Å². The monoisotopic (exact) mass is 286 g/mol. The fraction of sp³-hybridized carbons (Fsp3) is 0.500. The van der Waals surface area contributed by atoms with Crippen LogP contribution in [0.2, 0.25) is 0 Å². The Hall–Kier alpha value is -1.13. The number of rotatable bonds is 2. The third-order valence-corrected chi connectivity index (χ3v) is 3.57. The molecule has 1 aromatic carbocycles. The zero-order valence-electron chi connectivity index (χ0n) is 11.0. The van der Waals surface area contributed by atoms with Gasteiger partial charge < -0.3 is 10.6 Å². The van der Waals surface area contributed by atoms with Crippen LogP contribution in [0, 0.1) is 11.7 Å². The van der Waals surface area contributed by atoms with Gasteiger partial charge in [-0.3, -0.25) is 4.79 Å². The van der Waals surface area contributed by atoms with E-state index in [2.05, 4.69) is 6.92 Å². The van der Waals surface area contributed by atoms with Crippen LogP contribution in [0.25, 0.3) is 0 Å². The number of likely N-dealkylation sites (tertiary alicyclic amines) is 1. The van der Waals surface area contributed by atoms with Gasteiger partial charge in [0.1, 0.15) is 5.82 Å². The number of benzene rings is 1. The van der Waals surface area contributed by atoms with Gasteiger partial charge in [0.15, 0.2) is 0 Å². The minimum Gasteiger partial charge on any atom is -0.342 e. The quantitative estimate of drug-likeness (QED) is 0.904. The molecule has 5 heteroatoms. The number of amides is 1. The summed E-state index contributed by atoms with van der Waals surface area (Å²) in [4.78, 5) is 13.9. The summed E-state index contributed by atoms with van der Waals surface area (Å²) in [7, 11) is 0. The molecule has 19 heavy (non-hydrogen) atoms. The van der Waals surface area contributed by atoms with Crippen molar-refractivity contribution in [3.8, 4) is 0 Å².